The van der Waals surface area contributed by atoms with Crippen molar-refractivity contribution in [2.24, 2.45) is 0 Å². The first-order valence-electron chi connectivity index (χ1n) is 6.52. The van der Waals surface area contributed by atoms with Gasteiger partial charge in [-0.25, -0.2) is 0 Å². The summed E-state index contributed by atoms with van der Waals surface area (Å²) in [5.41, 5.74) is 0. The third-order valence-corrected chi connectivity index (χ3v) is 3.55. The highest BCUT2D eigenvalue weighted by atomic mass is 16.5. The Balaban J connectivity index is 1.86. The van der Waals surface area contributed by atoms with Crippen molar-refractivity contribution in [3.63, 3.8) is 0 Å². The molecule has 5 nitrogen and oxygen atoms in total. The van der Waals surface area contributed by atoms with Crippen LogP contribution < -0.4 is 5.32 Å². The summed E-state index contributed by atoms with van der Waals surface area (Å²) < 4.78 is 5.56. The maximum absolute atomic E-state index is 12.2. The molecule has 98 valence electrons. The summed E-state index contributed by atoms with van der Waals surface area (Å²) in [6.07, 6.45) is 2.48. The third kappa shape index (κ3) is 3.18. The third-order valence-electron chi connectivity index (χ3n) is 3.55. The van der Waals surface area contributed by atoms with Crippen LogP contribution in [0.15, 0.2) is 0 Å². The number of β-amino-alcohol motifs (C(OH)–C–C–N with tert-alkyl or cyclic N) is 1. The number of amides is 1. The van der Waals surface area contributed by atoms with Gasteiger partial charge in [-0.05, 0) is 26.2 Å². The van der Waals surface area contributed by atoms with Gasteiger partial charge < -0.3 is 20.1 Å². The molecule has 3 unspecified atom stereocenters. The molecule has 0 radical (unpaired) electrons. The number of carbonyl (C=O) groups is 1. The average Bonchev–Trinajstić information content (AvgIpc) is 2.96. The Morgan fingerprint density at radius 2 is 2.41 bits per heavy atom. The van der Waals surface area contributed by atoms with E-state index < -0.39 is 0 Å². The summed E-state index contributed by atoms with van der Waals surface area (Å²) in [4.78, 5) is 14.0. The number of rotatable bonds is 4. The number of likely N-dealkylation sites (N-methyl/N-ethyl adjacent to an activating group) is 1. The van der Waals surface area contributed by atoms with Crippen molar-refractivity contribution in [2.45, 2.75) is 44.4 Å². The van der Waals surface area contributed by atoms with Gasteiger partial charge in [0.15, 0.2) is 0 Å². The lowest BCUT2D eigenvalue weighted by atomic mass is 10.1. The van der Waals surface area contributed by atoms with Gasteiger partial charge in [-0.3, -0.25) is 4.79 Å². The molecule has 5 heteroatoms. The smallest absolute Gasteiger partial charge is 0.239 e. The Morgan fingerprint density at radius 1 is 1.59 bits per heavy atom. The Morgan fingerprint density at radius 3 is 2.94 bits per heavy atom. The summed E-state index contributed by atoms with van der Waals surface area (Å²) in [6.45, 7) is 4.71. The molecule has 0 aromatic heterocycles. The number of aliphatic hydroxyl groups is 1. The lowest BCUT2D eigenvalue weighted by Crippen LogP contribution is -2.46. The molecule has 1 amide bonds. The van der Waals surface area contributed by atoms with Gasteiger partial charge in [0.1, 0.15) is 0 Å². The van der Waals surface area contributed by atoms with Crippen LogP contribution in [0.4, 0.5) is 0 Å². The van der Waals surface area contributed by atoms with E-state index in [1.165, 1.54) is 0 Å². The summed E-state index contributed by atoms with van der Waals surface area (Å²) in [6, 6.07) is -0.216. The van der Waals surface area contributed by atoms with Crippen molar-refractivity contribution in [1.29, 1.82) is 0 Å². The molecule has 2 heterocycles. The topological polar surface area (TPSA) is 61.8 Å². The molecule has 2 saturated heterocycles. The second kappa shape index (κ2) is 5.80. The summed E-state index contributed by atoms with van der Waals surface area (Å²) in [5.74, 6) is 0.0968. The van der Waals surface area contributed by atoms with E-state index in [-0.39, 0.29) is 24.2 Å². The fourth-order valence-corrected chi connectivity index (χ4v) is 2.53. The quantitative estimate of drug-likeness (QED) is 0.713. The molecule has 0 saturated carbocycles. The maximum atomic E-state index is 12.2. The first-order chi connectivity index (χ1) is 8.20. The van der Waals surface area contributed by atoms with Crippen molar-refractivity contribution in [3.05, 3.63) is 0 Å². The Bertz CT molecular complexity index is 266. The van der Waals surface area contributed by atoms with Crippen LogP contribution in [0.3, 0.4) is 0 Å². The largest absolute Gasteiger partial charge is 0.392 e. The molecule has 0 aliphatic carbocycles. The maximum Gasteiger partial charge on any atom is 0.239 e. The molecule has 3 atom stereocenters. The normalized spacial score (nSPS) is 32.9. The van der Waals surface area contributed by atoms with E-state index in [9.17, 15) is 9.90 Å². The van der Waals surface area contributed by atoms with Crippen LogP contribution in [0.25, 0.3) is 0 Å². The van der Waals surface area contributed by atoms with Gasteiger partial charge in [0, 0.05) is 26.2 Å². The van der Waals surface area contributed by atoms with E-state index >= 15 is 0 Å². The van der Waals surface area contributed by atoms with Crippen molar-refractivity contribution in [2.75, 3.05) is 26.2 Å². The fraction of sp³-hybridized carbons (Fsp3) is 0.917. The van der Waals surface area contributed by atoms with Crippen LogP contribution in [0.5, 0.6) is 0 Å². The highest BCUT2D eigenvalue weighted by Crippen LogP contribution is 2.15. The van der Waals surface area contributed by atoms with Crippen molar-refractivity contribution in [1.82, 2.24) is 10.2 Å². The molecule has 0 aromatic carbocycles. The zero-order valence-electron chi connectivity index (χ0n) is 10.4. The molecule has 2 fully saturated rings. The van der Waals surface area contributed by atoms with E-state index in [1.807, 2.05) is 11.8 Å². The Kier molecular flexibility index (Phi) is 4.36. The SMILES string of the molecule is CCN(CC1CCCO1)C(=O)C1CC(O)CN1. The van der Waals surface area contributed by atoms with Gasteiger partial charge in [0.25, 0.3) is 0 Å². The minimum Gasteiger partial charge on any atom is -0.392 e. The van der Waals surface area contributed by atoms with Crippen LogP contribution in [0, 0.1) is 0 Å². The second-order valence-corrected chi connectivity index (χ2v) is 4.86. The number of ether oxygens (including phenoxy) is 1. The van der Waals surface area contributed by atoms with Gasteiger partial charge in [-0.1, -0.05) is 0 Å². The van der Waals surface area contributed by atoms with Crippen LogP contribution in [0.2, 0.25) is 0 Å². The minimum absolute atomic E-state index is 0.0968. The number of nitrogens with one attached hydrogen (secondary N) is 1. The highest BCUT2D eigenvalue weighted by Gasteiger charge is 2.32. The second-order valence-electron chi connectivity index (χ2n) is 4.86. The molecular weight excluding hydrogens is 220 g/mol. The molecule has 2 N–H and O–H groups in total. The highest BCUT2D eigenvalue weighted by molar-refractivity contribution is 5.82. The summed E-state index contributed by atoms with van der Waals surface area (Å²) in [5, 5.41) is 12.5. The lowest BCUT2D eigenvalue weighted by molar-refractivity contribution is -0.134. The van der Waals surface area contributed by atoms with Crippen molar-refractivity contribution < 1.29 is 14.6 Å². The van der Waals surface area contributed by atoms with Gasteiger partial charge in [0.05, 0.1) is 18.2 Å². The number of hydrogen-bond donors (Lipinski definition) is 2. The van der Waals surface area contributed by atoms with Gasteiger partial charge >= 0.3 is 0 Å². The molecule has 0 spiro atoms. The number of aliphatic hydroxyl groups excluding tert-OH is 1. The molecular formula is C12H22N2O3. The summed E-state index contributed by atoms with van der Waals surface area (Å²) >= 11 is 0. The zero-order chi connectivity index (χ0) is 12.3. The van der Waals surface area contributed by atoms with Crippen LogP contribution >= 0.6 is 0 Å². The minimum atomic E-state index is -0.384. The van der Waals surface area contributed by atoms with Gasteiger partial charge in [-0.2, -0.15) is 0 Å². The molecule has 0 aromatic rings. The number of nitrogens with zero attached hydrogens (tertiary/aromatic N) is 1. The first kappa shape index (κ1) is 12.8. The molecule has 2 rings (SSSR count). The Hall–Kier alpha value is -0.650. The Labute approximate surface area is 102 Å². The van der Waals surface area contributed by atoms with Crippen molar-refractivity contribution >= 4 is 5.91 Å². The van der Waals surface area contributed by atoms with Gasteiger partial charge in [0.2, 0.25) is 5.91 Å². The predicted octanol–water partition coefficient (Wildman–Crippen LogP) is -0.263. The standard InChI is InChI=1S/C12H22N2O3/c1-2-14(8-10-4-3-5-17-10)12(16)11-6-9(15)7-13-11/h9-11,13,15H,2-8H2,1H3. The van der Waals surface area contributed by atoms with E-state index in [4.69, 9.17) is 4.74 Å². The van der Waals surface area contributed by atoms with Gasteiger partial charge in [-0.15, -0.1) is 0 Å². The first-order valence-corrected chi connectivity index (χ1v) is 6.52. The predicted molar refractivity (Wildman–Crippen MR) is 63.6 cm³/mol. The monoisotopic (exact) mass is 242 g/mol. The van der Waals surface area contributed by atoms with Crippen LogP contribution in [-0.4, -0.2) is 60.4 Å². The van der Waals surface area contributed by atoms with Crippen molar-refractivity contribution in [3.8, 4) is 0 Å². The number of carbonyl (C=O) groups excluding carboxylic acids is 1. The molecule has 2 aliphatic heterocycles. The molecule has 0 bridgehead atoms. The van der Waals surface area contributed by atoms with E-state index in [2.05, 4.69) is 5.32 Å². The average molecular weight is 242 g/mol. The fourth-order valence-electron chi connectivity index (χ4n) is 2.53. The molecule has 2 aliphatic rings. The lowest BCUT2D eigenvalue weighted by Gasteiger charge is -2.26. The van der Waals surface area contributed by atoms with E-state index in [1.54, 1.807) is 0 Å². The van der Waals surface area contributed by atoms with E-state index in [0.717, 1.165) is 19.4 Å². The molecule has 17 heavy (non-hydrogen) atoms. The van der Waals surface area contributed by atoms with Crippen LogP contribution in [-0.2, 0) is 9.53 Å². The number of hydrogen-bond acceptors (Lipinski definition) is 4. The van der Waals surface area contributed by atoms with Crippen LogP contribution in [0.1, 0.15) is 26.2 Å². The van der Waals surface area contributed by atoms with E-state index in [0.29, 0.717) is 26.1 Å². The zero-order valence-corrected chi connectivity index (χ0v) is 10.4. The summed E-state index contributed by atoms with van der Waals surface area (Å²) in [7, 11) is 0.